The van der Waals surface area contributed by atoms with E-state index in [0.717, 1.165) is 11.3 Å². The zero-order chi connectivity index (χ0) is 20.1. The van der Waals surface area contributed by atoms with E-state index in [-0.39, 0.29) is 17.7 Å². The van der Waals surface area contributed by atoms with Crippen molar-refractivity contribution in [2.24, 2.45) is 5.41 Å². The highest BCUT2D eigenvalue weighted by Gasteiger charge is 2.33. The minimum Gasteiger partial charge on any atom is -0.497 e. The zero-order valence-corrected chi connectivity index (χ0v) is 16.0. The Labute approximate surface area is 161 Å². The first-order valence-corrected chi connectivity index (χ1v) is 9.10. The maximum Gasteiger partial charge on any atom is 0.330 e. The van der Waals surface area contributed by atoms with Crippen molar-refractivity contribution in [3.05, 3.63) is 68.0 Å². The van der Waals surface area contributed by atoms with Gasteiger partial charge in [-0.25, -0.2) is 9.78 Å². The van der Waals surface area contributed by atoms with Gasteiger partial charge >= 0.3 is 5.69 Å². The highest BCUT2D eigenvalue weighted by Crippen LogP contribution is 2.36. The van der Waals surface area contributed by atoms with Crippen LogP contribution >= 0.6 is 0 Å². The lowest BCUT2D eigenvalue weighted by atomic mass is 9.73. The fraction of sp³-hybridized carbons (Fsp3) is 0.333. The quantitative estimate of drug-likeness (QED) is 0.754. The summed E-state index contributed by atoms with van der Waals surface area (Å²) in [5, 5.41) is 0.326. The summed E-state index contributed by atoms with van der Waals surface area (Å²) in [6.45, 7) is 4.25. The van der Waals surface area contributed by atoms with E-state index >= 15 is 0 Å². The number of pyridine rings is 1. The molecule has 0 fully saturated rings. The van der Waals surface area contributed by atoms with Crippen molar-refractivity contribution in [1.82, 2.24) is 14.5 Å². The van der Waals surface area contributed by atoms with E-state index in [9.17, 15) is 14.4 Å². The molecule has 0 bridgehead atoms. The maximum absolute atomic E-state index is 12.6. The number of aromatic amines is 1. The van der Waals surface area contributed by atoms with Crippen LogP contribution in [0.5, 0.6) is 5.75 Å². The zero-order valence-electron chi connectivity index (χ0n) is 16.0. The van der Waals surface area contributed by atoms with Crippen molar-refractivity contribution in [2.75, 3.05) is 7.11 Å². The number of methoxy groups -OCH3 is 1. The number of carbonyl (C=O) groups is 1. The molecule has 0 saturated heterocycles. The van der Waals surface area contributed by atoms with Gasteiger partial charge in [-0.05, 0) is 35.1 Å². The minimum absolute atomic E-state index is 0.0204. The normalized spacial score (nSPS) is 15.5. The van der Waals surface area contributed by atoms with Gasteiger partial charge in [-0.3, -0.25) is 19.1 Å². The lowest BCUT2D eigenvalue weighted by Gasteiger charge is -2.30. The molecular weight excluding hydrogens is 358 g/mol. The molecule has 1 N–H and O–H groups in total. The third-order valence-electron chi connectivity index (χ3n) is 5.21. The number of ether oxygens (including phenoxy) is 1. The second-order valence-electron chi connectivity index (χ2n) is 7.98. The maximum atomic E-state index is 12.6. The molecular formula is C21H21N3O4. The Kier molecular flexibility index (Phi) is 4.18. The summed E-state index contributed by atoms with van der Waals surface area (Å²) in [5.74, 6) is 0.698. The van der Waals surface area contributed by atoms with E-state index in [1.165, 1.54) is 10.8 Å². The molecule has 0 spiro atoms. The van der Waals surface area contributed by atoms with Crippen LogP contribution in [0.1, 0.15) is 41.8 Å². The Morgan fingerprint density at radius 1 is 1.14 bits per heavy atom. The number of ketones is 1. The average Bonchev–Trinajstić information content (AvgIpc) is 2.64. The van der Waals surface area contributed by atoms with Gasteiger partial charge in [-0.15, -0.1) is 0 Å². The SMILES string of the molecule is COc1ccc(Cn2c(=O)[nH]c(=O)c3c4c(cnc32)C(=O)CC(C)(C)C4)cc1. The Balaban J connectivity index is 1.92. The standard InChI is InChI=1S/C21H21N3O4/c1-21(2)8-14-15(16(25)9-21)10-22-18-17(14)19(26)23-20(27)24(18)11-12-4-6-13(28-3)7-5-12/h4-7,10H,8-9,11H2,1-3H3,(H,23,26,27). The van der Waals surface area contributed by atoms with Crippen LogP contribution in [0.3, 0.4) is 0 Å². The van der Waals surface area contributed by atoms with Gasteiger partial charge in [0.05, 0.1) is 19.0 Å². The van der Waals surface area contributed by atoms with E-state index in [1.54, 1.807) is 7.11 Å². The molecule has 28 heavy (non-hydrogen) atoms. The molecule has 2 aromatic heterocycles. The summed E-state index contributed by atoms with van der Waals surface area (Å²) in [7, 11) is 1.59. The van der Waals surface area contributed by atoms with Crippen LogP contribution in [0, 0.1) is 5.41 Å². The first kappa shape index (κ1) is 18.2. The number of aromatic nitrogens is 3. The predicted octanol–water partition coefficient (Wildman–Crippen LogP) is 2.30. The number of nitrogens with zero attached hydrogens (tertiary/aromatic N) is 2. The highest BCUT2D eigenvalue weighted by atomic mass is 16.5. The molecule has 144 valence electrons. The third-order valence-corrected chi connectivity index (χ3v) is 5.21. The number of hydrogen-bond donors (Lipinski definition) is 1. The first-order valence-electron chi connectivity index (χ1n) is 9.10. The number of carbonyl (C=O) groups excluding carboxylic acids is 1. The van der Waals surface area contributed by atoms with E-state index in [4.69, 9.17) is 4.74 Å². The lowest BCUT2D eigenvalue weighted by molar-refractivity contribution is 0.0912. The van der Waals surface area contributed by atoms with Crippen molar-refractivity contribution < 1.29 is 9.53 Å². The largest absolute Gasteiger partial charge is 0.497 e. The molecule has 0 unspecified atom stereocenters. The van der Waals surface area contributed by atoms with Crippen LogP contribution < -0.4 is 16.0 Å². The molecule has 1 aromatic carbocycles. The smallest absolute Gasteiger partial charge is 0.330 e. The van der Waals surface area contributed by atoms with Crippen molar-refractivity contribution in [2.45, 2.75) is 33.2 Å². The average molecular weight is 379 g/mol. The van der Waals surface area contributed by atoms with Gasteiger partial charge in [-0.1, -0.05) is 26.0 Å². The lowest BCUT2D eigenvalue weighted by Crippen LogP contribution is -2.34. The predicted molar refractivity (Wildman–Crippen MR) is 105 cm³/mol. The molecule has 4 rings (SSSR count). The van der Waals surface area contributed by atoms with E-state index < -0.39 is 11.2 Å². The Bertz CT molecular complexity index is 1200. The third kappa shape index (κ3) is 3.02. The van der Waals surface area contributed by atoms with Crippen LogP contribution in [0.4, 0.5) is 0 Å². The fourth-order valence-corrected chi connectivity index (χ4v) is 3.86. The summed E-state index contributed by atoms with van der Waals surface area (Å²) in [5.41, 5.74) is 1.05. The summed E-state index contributed by atoms with van der Waals surface area (Å²) in [6, 6.07) is 7.33. The summed E-state index contributed by atoms with van der Waals surface area (Å²) >= 11 is 0. The van der Waals surface area contributed by atoms with Crippen LogP contribution in [0.25, 0.3) is 11.0 Å². The van der Waals surface area contributed by atoms with Crippen molar-refractivity contribution in [3.8, 4) is 5.75 Å². The van der Waals surface area contributed by atoms with E-state index in [1.807, 2.05) is 38.1 Å². The van der Waals surface area contributed by atoms with E-state index in [2.05, 4.69) is 9.97 Å². The molecule has 0 radical (unpaired) electrons. The topological polar surface area (TPSA) is 94.1 Å². The Morgan fingerprint density at radius 2 is 1.86 bits per heavy atom. The van der Waals surface area contributed by atoms with Crippen LogP contribution in [0.2, 0.25) is 0 Å². The number of Topliss-reactive ketones (excluding diaryl/α,β-unsaturated/α-hetero) is 1. The number of H-pyrrole nitrogens is 1. The van der Waals surface area contributed by atoms with Crippen molar-refractivity contribution in [3.63, 3.8) is 0 Å². The molecule has 0 atom stereocenters. The monoisotopic (exact) mass is 379 g/mol. The number of rotatable bonds is 3. The van der Waals surface area contributed by atoms with Gasteiger partial charge in [0.1, 0.15) is 11.4 Å². The fourth-order valence-electron chi connectivity index (χ4n) is 3.86. The number of hydrogen-bond acceptors (Lipinski definition) is 5. The highest BCUT2D eigenvalue weighted by molar-refractivity contribution is 6.02. The molecule has 2 heterocycles. The van der Waals surface area contributed by atoms with Gasteiger partial charge in [0.2, 0.25) is 0 Å². The van der Waals surface area contributed by atoms with Crippen LogP contribution in [0.15, 0.2) is 40.1 Å². The molecule has 3 aromatic rings. The summed E-state index contributed by atoms with van der Waals surface area (Å²) in [6.07, 6.45) is 2.49. The van der Waals surface area contributed by atoms with Gasteiger partial charge in [0.25, 0.3) is 5.56 Å². The second kappa shape index (κ2) is 6.44. The first-order chi connectivity index (χ1) is 13.3. The van der Waals surface area contributed by atoms with Crippen molar-refractivity contribution in [1.29, 1.82) is 0 Å². The molecule has 7 nitrogen and oxygen atoms in total. The second-order valence-corrected chi connectivity index (χ2v) is 7.98. The summed E-state index contributed by atoms with van der Waals surface area (Å²) in [4.78, 5) is 44.4. The van der Waals surface area contributed by atoms with Crippen LogP contribution in [-0.4, -0.2) is 27.4 Å². The van der Waals surface area contributed by atoms with Crippen LogP contribution in [-0.2, 0) is 13.0 Å². The molecule has 0 saturated carbocycles. The van der Waals surface area contributed by atoms with Crippen molar-refractivity contribution >= 4 is 16.8 Å². The Morgan fingerprint density at radius 3 is 2.54 bits per heavy atom. The van der Waals surface area contributed by atoms with Gasteiger partial charge in [0.15, 0.2) is 5.78 Å². The van der Waals surface area contributed by atoms with Gasteiger partial charge in [0, 0.05) is 18.2 Å². The number of fused-ring (bicyclic) bond motifs is 3. The molecule has 1 aliphatic carbocycles. The Hall–Kier alpha value is -3.22. The summed E-state index contributed by atoms with van der Waals surface area (Å²) < 4.78 is 6.60. The molecule has 0 aliphatic heterocycles. The molecule has 1 aliphatic rings. The molecule has 0 amide bonds. The van der Waals surface area contributed by atoms with E-state index in [0.29, 0.717) is 35.0 Å². The number of benzene rings is 1. The minimum atomic E-state index is -0.526. The van der Waals surface area contributed by atoms with Gasteiger partial charge < -0.3 is 4.74 Å². The van der Waals surface area contributed by atoms with Gasteiger partial charge in [-0.2, -0.15) is 0 Å². The number of nitrogens with one attached hydrogen (secondary N) is 1. The molecule has 7 heteroatoms.